The highest BCUT2D eigenvalue weighted by Gasteiger charge is 2.15. The van der Waals surface area contributed by atoms with Crippen LogP contribution in [0.4, 0.5) is 4.39 Å². The highest BCUT2D eigenvalue weighted by atomic mass is 19.1. The Bertz CT molecular complexity index is 703. The number of hydrogen-bond acceptors (Lipinski definition) is 4. The number of hydrogen-bond donors (Lipinski definition) is 2. The predicted octanol–water partition coefficient (Wildman–Crippen LogP) is 1.93. The smallest absolute Gasteiger partial charge is 0.253 e. The minimum absolute atomic E-state index is 0.0424. The minimum atomic E-state index is -0.972. The lowest BCUT2D eigenvalue weighted by Crippen LogP contribution is -2.35. The van der Waals surface area contributed by atoms with Crippen molar-refractivity contribution in [3.05, 3.63) is 53.8 Å². The van der Waals surface area contributed by atoms with Crippen molar-refractivity contribution in [1.82, 2.24) is 4.90 Å². The molecule has 0 radical (unpaired) electrons. The zero-order valence-electron chi connectivity index (χ0n) is 13.6. The zero-order valence-corrected chi connectivity index (χ0v) is 13.6. The SMILES string of the molecule is COc1ccc(-c2ccc(C(=O)N(C)CC(O)CO)cc2)cc1F. The van der Waals surface area contributed by atoms with E-state index in [1.165, 1.54) is 18.1 Å². The van der Waals surface area contributed by atoms with Gasteiger partial charge in [-0.05, 0) is 35.4 Å². The maximum Gasteiger partial charge on any atom is 0.253 e. The van der Waals surface area contributed by atoms with Gasteiger partial charge in [-0.3, -0.25) is 4.79 Å². The van der Waals surface area contributed by atoms with Crippen LogP contribution in [-0.2, 0) is 0 Å². The lowest BCUT2D eigenvalue weighted by Gasteiger charge is -2.19. The number of carbonyl (C=O) groups excluding carboxylic acids is 1. The summed E-state index contributed by atoms with van der Waals surface area (Å²) in [5.41, 5.74) is 1.89. The Hall–Kier alpha value is -2.44. The molecular formula is C18H20FNO4. The first-order valence-electron chi connectivity index (χ1n) is 7.44. The van der Waals surface area contributed by atoms with E-state index in [0.29, 0.717) is 11.1 Å². The summed E-state index contributed by atoms with van der Waals surface area (Å²) in [6.45, 7) is -0.361. The second-order valence-corrected chi connectivity index (χ2v) is 5.45. The maximum atomic E-state index is 13.8. The Balaban J connectivity index is 2.15. The summed E-state index contributed by atoms with van der Waals surface area (Å²) in [5.74, 6) is -0.544. The van der Waals surface area contributed by atoms with Gasteiger partial charge in [-0.1, -0.05) is 18.2 Å². The van der Waals surface area contributed by atoms with Gasteiger partial charge in [0.25, 0.3) is 5.91 Å². The molecule has 0 aliphatic carbocycles. The first-order chi connectivity index (χ1) is 11.5. The summed E-state index contributed by atoms with van der Waals surface area (Å²) < 4.78 is 18.7. The van der Waals surface area contributed by atoms with Gasteiger partial charge >= 0.3 is 0 Å². The third-order valence-electron chi connectivity index (χ3n) is 3.66. The van der Waals surface area contributed by atoms with E-state index in [4.69, 9.17) is 9.84 Å². The molecule has 0 saturated carbocycles. The van der Waals surface area contributed by atoms with Gasteiger partial charge < -0.3 is 19.8 Å². The number of rotatable bonds is 6. The third kappa shape index (κ3) is 4.10. The number of likely N-dealkylation sites (N-methyl/N-ethyl adjacent to an activating group) is 1. The van der Waals surface area contributed by atoms with Gasteiger partial charge in [0.1, 0.15) is 0 Å². The molecule has 0 saturated heterocycles. The van der Waals surface area contributed by atoms with Crippen LogP contribution in [0.3, 0.4) is 0 Å². The molecule has 1 atom stereocenters. The molecule has 0 spiro atoms. The number of aliphatic hydroxyl groups excluding tert-OH is 2. The summed E-state index contributed by atoms with van der Waals surface area (Å²) in [4.78, 5) is 13.6. The molecule has 2 N–H and O–H groups in total. The molecule has 0 aliphatic heterocycles. The second-order valence-electron chi connectivity index (χ2n) is 5.45. The van der Waals surface area contributed by atoms with Gasteiger partial charge in [-0.25, -0.2) is 4.39 Å². The molecule has 0 fully saturated rings. The fourth-order valence-electron chi connectivity index (χ4n) is 2.33. The van der Waals surface area contributed by atoms with Crippen molar-refractivity contribution in [2.45, 2.75) is 6.10 Å². The molecule has 6 heteroatoms. The summed E-state index contributed by atoms with van der Waals surface area (Å²) in [6.07, 6.45) is -0.972. The van der Waals surface area contributed by atoms with Gasteiger partial charge in [0.05, 0.1) is 19.8 Å². The van der Waals surface area contributed by atoms with E-state index >= 15 is 0 Å². The van der Waals surface area contributed by atoms with Gasteiger partial charge in [-0.2, -0.15) is 0 Å². The molecule has 1 unspecified atom stereocenters. The van der Waals surface area contributed by atoms with Crippen molar-refractivity contribution in [2.24, 2.45) is 0 Å². The molecule has 0 aromatic heterocycles. The number of amides is 1. The van der Waals surface area contributed by atoms with Crippen molar-refractivity contribution in [3.63, 3.8) is 0 Å². The van der Waals surface area contributed by atoms with Crippen LogP contribution in [0.25, 0.3) is 11.1 Å². The fourth-order valence-corrected chi connectivity index (χ4v) is 2.33. The summed E-state index contributed by atoms with van der Waals surface area (Å²) in [7, 11) is 2.96. The largest absolute Gasteiger partial charge is 0.494 e. The first-order valence-corrected chi connectivity index (χ1v) is 7.44. The first kappa shape index (κ1) is 17.9. The summed E-state index contributed by atoms with van der Waals surface area (Å²) in [6, 6.07) is 11.4. The average molecular weight is 333 g/mol. The molecule has 5 nitrogen and oxygen atoms in total. The Morgan fingerprint density at radius 3 is 2.38 bits per heavy atom. The topological polar surface area (TPSA) is 70.0 Å². The fraction of sp³-hybridized carbons (Fsp3) is 0.278. The standard InChI is InChI=1S/C18H20FNO4/c1-20(10-15(22)11-21)18(23)13-5-3-12(4-6-13)14-7-8-17(24-2)16(19)9-14/h3-9,15,21-22H,10-11H2,1-2H3. The van der Waals surface area contributed by atoms with E-state index in [9.17, 15) is 14.3 Å². The van der Waals surface area contributed by atoms with Crippen molar-refractivity contribution in [3.8, 4) is 16.9 Å². The molecule has 0 heterocycles. The second kappa shape index (κ2) is 7.90. The summed E-state index contributed by atoms with van der Waals surface area (Å²) >= 11 is 0. The van der Waals surface area contributed by atoms with Crippen LogP contribution in [0.15, 0.2) is 42.5 Å². The molecular weight excluding hydrogens is 313 g/mol. The van der Waals surface area contributed by atoms with Crippen LogP contribution in [0.5, 0.6) is 5.75 Å². The van der Waals surface area contributed by atoms with Crippen LogP contribution in [-0.4, -0.2) is 54.4 Å². The Morgan fingerprint density at radius 2 is 1.83 bits per heavy atom. The van der Waals surface area contributed by atoms with Crippen molar-refractivity contribution in [2.75, 3.05) is 27.3 Å². The van der Waals surface area contributed by atoms with E-state index in [1.54, 1.807) is 43.4 Å². The minimum Gasteiger partial charge on any atom is -0.494 e. The van der Waals surface area contributed by atoms with Crippen molar-refractivity contribution >= 4 is 5.91 Å². The van der Waals surface area contributed by atoms with Crippen molar-refractivity contribution < 1.29 is 24.1 Å². The van der Waals surface area contributed by atoms with E-state index in [0.717, 1.165) is 5.56 Å². The molecule has 2 aromatic carbocycles. The van der Waals surface area contributed by atoms with Crippen LogP contribution in [0, 0.1) is 5.82 Å². The average Bonchev–Trinajstić information content (AvgIpc) is 2.60. The lowest BCUT2D eigenvalue weighted by molar-refractivity contribution is 0.0520. The number of carbonyl (C=O) groups is 1. The number of methoxy groups -OCH3 is 1. The molecule has 2 rings (SSSR count). The van der Waals surface area contributed by atoms with E-state index < -0.39 is 18.5 Å². The molecule has 2 aromatic rings. The van der Waals surface area contributed by atoms with Gasteiger partial charge in [0.2, 0.25) is 0 Å². The summed E-state index contributed by atoms with van der Waals surface area (Å²) in [5, 5.41) is 18.2. The Morgan fingerprint density at radius 1 is 1.21 bits per heavy atom. The number of benzene rings is 2. The number of nitrogens with zero attached hydrogens (tertiary/aromatic N) is 1. The monoisotopic (exact) mass is 333 g/mol. The van der Waals surface area contributed by atoms with Crippen molar-refractivity contribution in [1.29, 1.82) is 0 Å². The molecule has 0 aliphatic rings. The number of ether oxygens (including phenoxy) is 1. The van der Waals surface area contributed by atoms with Crippen LogP contribution >= 0.6 is 0 Å². The van der Waals surface area contributed by atoms with Gasteiger partial charge in [-0.15, -0.1) is 0 Å². The highest BCUT2D eigenvalue weighted by Crippen LogP contribution is 2.25. The molecule has 0 bridgehead atoms. The zero-order chi connectivity index (χ0) is 17.7. The lowest BCUT2D eigenvalue weighted by atomic mass is 10.0. The van der Waals surface area contributed by atoms with Gasteiger partial charge in [0.15, 0.2) is 11.6 Å². The highest BCUT2D eigenvalue weighted by molar-refractivity contribution is 5.94. The molecule has 24 heavy (non-hydrogen) atoms. The molecule has 1 amide bonds. The van der Waals surface area contributed by atoms with Crippen LogP contribution in [0.1, 0.15) is 10.4 Å². The number of halogens is 1. The third-order valence-corrected chi connectivity index (χ3v) is 3.66. The van der Waals surface area contributed by atoms with E-state index in [-0.39, 0.29) is 18.2 Å². The Kier molecular flexibility index (Phi) is 5.89. The van der Waals surface area contributed by atoms with Crippen LogP contribution in [0.2, 0.25) is 0 Å². The quantitative estimate of drug-likeness (QED) is 0.847. The predicted molar refractivity (Wildman–Crippen MR) is 88.4 cm³/mol. The van der Waals surface area contributed by atoms with Gasteiger partial charge in [0, 0.05) is 19.2 Å². The maximum absolute atomic E-state index is 13.8. The van der Waals surface area contributed by atoms with E-state index in [1.807, 2.05) is 0 Å². The van der Waals surface area contributed by atoms with E-state index in [2.05, 4.69) is 0 Å². The Labute approximate surface area is 139 Å². The number of aliphatic hydroxyl groups is 2. The molecule has 128 valence electrons. The normalized spacial score (nSPS) is 11.9. The van der Waals surface area contributed by atoms with Crippen LogP contribution < -0.4 is 4.74 Å².